The normalized spacial score (nSPS) is 18.4. The number of piperidine rings is 2. The van der Waals surface area contributed by atoms with Gasteiger partial charge in [0.05, 0.1) is 66.8 Å². The standard InChI is InChI=1S/C66H78ClN11O13S/c1-42(41-90-33-32-89-31-30-88-29-22-68-44(3)60-43(2)64(82)77(65(60)83)56-14-15-59(79)72-63(56)81)75-23-18-45(19-24-75)38-70-55-13-11-52(36-57(55)78(84)85)92(86,87)73-62(80)53-12-10-50(35-58(53)91-51-34-47-17-21-69-61(47)71-39-51)76-27-25-74(26-28-76)40-48-16-20-66(4,5)37-54(48)46-6-8-49(67)9-7-46/h6-13,17,21,34-36,39,45,56,68,70H,1,3,14-16,18-20,22-33,37-38,40-41H2,2,4-5H3,(H,69,71)(H,73,80)(H,72,79,81). The van der Waals surface area contributed by atoms with Crippen LogP contribution in [0.15, 0.2) is 131 Å². The number of amides is 5. The van der Waals surface area contributed by atoms with Crippen molar-refractivity contribution in [2.24, 2.45) is 11.3 Å². The number of carbonyl (C=O) groups is 5. The smallest absolute Gasteiger partial charge is 0.293 e. The minimum atomic E-state index is -4.65. The summed E-state index contributed by atoms with van der Waals surface area (Å²) in [5.74, 6) is -2.78. The number of nitro benzene ring substituents is 1. The molecule has 1 aliphatic carbocycles. The van der Waals surface area contributed by atoms with Gasteiger partial charge in [0.15, 0.2) is 0 Å². The van der Waals surface area contributed by atoms with Crippen LogP contribution in [0.25, 0.3) is 16.6 Å². The number of nitrogens with zero attached hydrogens (tertiary/aromatic N) is 6. The number of anilines is 2. The molecule has 0 radical (unpaired) electrons. The molecule has 0 saturated carbocycles. The zero-order valence-corrected chi connectivity index (χ0v) is 53.6. The number of halogens is 1. The molecule has 5 N–H and O–H groups in total. The highest BCUT2D eigenvalue weighted by Gasteiger charge is 2.45. The van der Waals surface area contributed by atoms with Gasteiger partial charge in [0.2, 0.25) is 11.8 Å². The van der Waals surface area contributed by atoms with E-state index in [1.807, 2.05) is 18.2 Å². The molecule has 1 unspecified atom stereocenters. The van der Waals surface area contributed by atoms with Gasteiger partial charge in [-0.3, -0.25) is 49.2 Å². The number of fused-ring (bicyclic) bond motifs is 1. The number of nitro groups is 1. The number of likely N-dealkylation sites (tertiary alicyclic amines) is 1. The molecule has 0 bridgehead atoms. The number of carbonyl (C=O) groups excluding carboxylic acids is 5. The molecule has 0 spiro atoms. The summed E-state index contributed by atoms with van der Waals surface area (Å²) >= 11 is 6.27. The van der Waals surface area contributed by atoms with Gasteiger partial charge in [-0.2, -0.15) is 0 Å². The molecule has 3 saturated heterocycles. The average Bonchev–Trinajstić information content (AvgIpc) is 1.56. The molecule has 6 heterocycles. The maximum atomic E-state index is 14.2. The van der Waals surface area contributed by atoms with Crippen LogP contribution in [0.2, 0.25) is 5.02 Å². The van der Waals surface area contributed by atoms with Crippen LogP contribution in [0.3, 0.4) is 0 Å². The van der Waals surface area contributed by atoms with Gasteiger partial charge in [-0.15, -0.1) is 0 Å². The predicted octanol–water partition coefficient (Wildman–Crippen LogP) is 8.10. The quantitative estimate of drug-likeness (QED) is 0.0137. The van der Waals surface area contributed by atoms with Crippen LogP contribution >= 0.6 is 11.6 Å². The summed E-state index contributed by atoms with van der Waals surface area (Å²) in [4.78, 5) is 90.7. The predicted molar refractivity (Wildman–Crippen MR) is 347 cm³/mol. The van der Waals surface area contributed by atoms with Crippen molar-refractivity contribution in [3.63, 3.8) is 0 Å². The van der Waals surface area contributed by atoms with E-state index in [9.17, 15) is 42.5 Å². The van der Waals surface area contributed by atoms with Gasteiger partial charge in [0, 0.05) is 117 Å². The summed E-state index contributed by atoms with van der Waals surface area (Å²) in [5.41, 5.74) is 6.56. The summed E-state index contributed by atoms with van der Waals surface area (Å²) in [5, 5.41) is 22.3. The molecule has 26 heteroatoms. The number of nitrogens with one attached hydrogen (secondary N) is 5. The Morgan fingerprint density at radius 3 is 2.33 bits per heavy atom. The molecule has 3 fully saturated rings. The number of rotatable bonds is 28. The number of imide groups is 2. The number of pyridine rings is 1. The molecule has 10 rings (SSSR count). The van der Waals surface area contributed by atoms with Crippen molar-refractivity contribution >= 4 is 84.8 Å². The maximum Gasteiger partial charge on any atom is 0.293 e. The van der Waals surface area contributed by atoms with Gasteiger partial charge in [0.25, 0.3) is 33.4 Å². The number of piperazine rings is 1. The first kappa shape index (κ1) is 66.5. The SMILES string of the molecule is C=C(NCCOCCOCCOCC(=C)N1CCC(CNc2ccc(S(=O)(=O)NC(=O)c3ccc(N4CCN(CC5=C(c6ccc(Cl)cc6)CC(C)(C)CC5)CC4)cc3Oc3cnc4[nH]ccc4c3)cc2[N+](=O)[O-])CC1)C1=C(C)C(=O)N(C2CCC(=O)NC2=O)C1=O. The van der Waals surface area contributed by atoms with Crippen LogP contribution in [0.1, 0.15) is 81.6 Å². The van der Waals surface area contributed by atoms with Crippen LogP contribution in [0, 0.1) is 21.4 Å². The van der Waals surface area contributed by atoms with Gasteiger partial charge in [-0.25, -0.2) is 18.1 Å². The van der Waals surface area contributed by atoms with Gasteiger partial charge >= 0.3 is 0 Å². The van der Waals surface area contributed by atoms with Crippen LogP contribution in [-0.2, 0) is 43.4 Å². The number of benzene rings is 3. The Kier molecular flexibility index (Phi) is 21.3. The minimum absolute atomic E-state index is 0.0282. The van der Waals surface area contributed by atoms with E-state index in [-0.39, 0.29) is 64.6 Å². The third-order valence-electron chi connectivity index (χ3n) is 17.5. The second-order valence-electron chi connectivity index (χ2n) is 24.4. The minimum Gasteiger partial charge on any atom is -0.455 e. The van der Waals surface area contributed by atoms with Crippen molar-refractivity contribution in [1.29, 1.82) is 0 Å². The molecule has 24 nitrogen and oxygen atoms in total. The topological polar surface area (TPSA) is 289 Å². The van der Waals surface area contributed by atoms with Gasteiger partial charge in [-0.1, -0.05) is 56.3 Å². The Morgan fingerprint density at radius 1 is 0.870 bits per heavy atom. The molecule has 4 aliphatic heterocycles. The van der Waals surface area contributed by atoms with E-state index in [0.29, 0.717) is 88.7 Å². The lowest BCUT2D eigenvalue weighted by molar-refractivity contribution is -0.384. The average molecular weight is 1300 g/mol. The maximum absolute atomic E-state index is 14.2. The number of H-pyrrole nitrogens is 1. The Hall–Kier alpha value is -8.46. The summed E-state index contributed by atoms with van der Waals surface area (Å²) < 4.78 is 53.5. The highest BCUT2D eigenvalue weighted by Crippen LogP contribution is 2.44. The zero-order chi connectivity index (χ0) is 65.3. The molecule has 1 atom stereocenters. The Morgan fingerprint density at radius 2 is 1.60 bits per heavy atom. The number of ether oxygens (including phenoxy) is 4. The fraction of sp³-hybridized carbons (Fsp3) is 0.424. The van der Waals surface area contributed by atoms with Crippen molar-refractivity contribution in [3.8, 4) is 11.5 Å². The van der Waals surface area contributed by atoms with Gasteiger partial charge in [0.1, 0.15) is 28.9 Å². The fourth-order valence-electron chi connectivity index (χ4n) is 12.2. The molecule has 5 amide bonds. The molecule has 5 aromatic rings. The third kappa shape index (κ3) is 16.2. The molecule has 5 aliphatic rings. The number of hydrogen-bond acceptors (Lipinski definition) is 19. The Labute approximate surface area is 539 Å². The van der Waals surface area contributed by atoms with Crippen molar-refractivity contribution in [2.75, 3.05) is 109 Å². The largest absolute Gasteiger partial charge is 0.455 e. The zero-order valence-electron chi connectivity index (χ0n) is 52.0. The molecule has 2 aromatic heterocycles. The first-order valence-electron chi connectivity index (χ1n) is 30.9. The molecule has 488 valence electrons. The third-order valence-corrected chi connectivity index (χ3v) is 19.0. The van der Waals surface area contributed by atoms with Crippen LogP contribution in [0.5, 0.6) is 11.5 Å². The second kappa shape index (κ2) is 29.4. The van der Waals surface area contributed by atoms with E-state index >= 15 is 0 Å². The summed E-state index contributed by atoms with van der Waals surface area (Å²) in [6, 6.07) is 19.2. The highest BCUT2D eigenvalue weighted by atomic mass is 35.5. The van der Waals surface area contributed by atoms with E-state index in [1.165, 1.54) is 48.0 Å². The van der Waals surface area contributed by atoms with Crippen molar-refractivity contribution < 1.29 is 56.3 Å². The molecular weight excluding hydrogens is 1220 g/mol. The van der Waals surface area contributed by atoms with Crippen molar-refractivity contribution in [3.05, 3.63) is 153 Å². The first-order valence-corrected chi connectivity index (χ1v) is 32.8. The van der Waals surface area contributed by atoms with E-state index < -0.39 is 61.1 Å². The van der Waals surface area contributed by atoms with Crippen molar-refractivity contribution in [1.82, 2.24) is 40.0 Å². The first-order chi connectivity index (χ1) is 44.1. The van der Waals surface area contributed by atoms with Crippen LogP contribution in [0.4, 0.5) is 17.1 Å². The molecule has 92 heavy (non-hydrogen) atoms. The van der Waals surface area contributed by atoms with E-state index in [4.69, 9.17) is 30.5 Å². The number of sulfonamides is 1. The number of hydrogen-bond donors (Lipinski definition) is 5. The summed E-state index contributed by atoms with van der Waals surface area (Å²) in [6.45, 7) is 22.0. The lowest BCUT2D eigenvalue weighted by atomic mass is 9.72. The monoisotopic (exact) mass is 1300 g/mol. The van der Waals surface area contributed by atoms with E-state index in [0.717, 1.165) is 79.5 Å². The summed E-state index contributed by atoms with van der Waals surface area (Å²) in [7, 11) is -4.65. The number of allylic oxidation sites excluding steroid dienone is 1. The Bertz CT molecular complexity index is 3830. The number of aromatic amines is 1. The highest BCUT2D eigenvalue weighted by molar-refractivity contribution is 7.90. The number of aromatic nitrogens is 2. The lowest BCUT2D eigenvalue weighted by Gasteiger charge is -2.39. The Balaban J connectivity index is 0.656. The van der Waals surface area contributed by atoms with Crippen molar-refractivity contribution in [2.45, 2.75) is 76.7 Å². The summed E-state index contributed by atoms with van der Waals surface area (Å²) in [6.07, 6.45) is 8.00. The van der Waals surface area contributed by atoms with Gasteiger partial charge < -0.3 is 44.4 Å². The van der Waals surface area contributed by atoms with E-state index in [1.54, 1.807) is 24.4 Å². The molecule has 3 aromatic carbocycles. The fourth-order valence-corrected chi connectivity index (χ4v) is 13.3. The lowest BCUT2D eigenvalue weighted by Crippen LogP contribution is -2.54. The van der Waals surface area contributed by atoms with Gasteiger partial charge in [-0.05, 0) is 116 Å². The van der Waals surface area contributed by atoms with E-state index in [2.05, 4.69) is 84.5 Å². The molecular formula is C66H78ClN11O13S. The second-order valence-corrected chi connectivity index (χ2v) is 26.6. The van der Waals surface area contributed by atoms with Crippen LogP contribution < -0.4 is 30.3 Å². The van der Waals surface area contributed by atoms with Crippen LogP contribution in [-0.4, -0.2) is 172 Å².